The van der Waals surface area contributed by atoms with Crippen molar-refractivity contribution in [2.45, 2.75) is 31.5 Å². The summed E-state index contributed by atoms with van der Waals surface area (Å²) in [5.41, 5.74) is -1.23. The highest BCUT2D eigenvalue weighted by molar-refractivity contribution is 5.97. The largest absolute Gasteiger partial charge is 0.493 e. The zero-order chi connectivity index (χ0) is 18.2. The predicted octanol–water partition coefficient (Wildman–Crippen LogP) is 3.36. The van der Waals surface area contributed by atoms with Crippen LogP contribution >= 0.6 is 0 Å². The molecule has 1 fully saturated rings. The molecule has 0 saturated carbocycles. The second-order valence-electron chi connectivity index (χ2n) is 5.88. The highest BCUT2D eigenvalue weighted by atomic mass is 19.4. The number of nitrogens with zero attached hydrogens (tertiary/aromatic N) is 1. The van der Waals surface area contributed by atoms with Crippen LogP contribution in [0.5, 0.6) is 5.75 Å². The van der Waals surface area contributed by atoms with Crippen LogP contribution in [0.1, 0.15) is 29.6 Å². The van der Waals surface area contributed by atoms with Gasteiger partial charge in [0.2, 0.25) is 0 Å². The molecule has 1 unspecified atom stereocenters. The molecule has 1 aromatic carbocycles. The first-order valence-electron chi connectivity index (χ1n) is 7.81. The number of hydrogen-bond acceptors (Lipinski definition) is 4. The third kappa shape index (κ3) is 3.20. The lowest BCUT2D eigenvalue weighted by Crippen LogP contribution is -2.52. The van der Waals surface area contributed by atoms with E-state index in [2.05, 4.69) is 0 Å². The molecule has 1 atom stereocenters. The average molecular weight is 355 g/mol. The standard InChI is InChI=1S/C17H16F3NO4/c1-24-12-6-4-5-10-9-11(16(23)25-14(10)12)15(22)21-8-3-2-7-13(21)17(18,19)20/h4-6,9,13H,2-3,7-8H2,1H3. The SMILES string of the molecule is COc1cccc2cc(C(=O)N3CCCCC3C(F)(F)F)c(=O)oc12. The fourth-order valence-corrected chi connectivity index (χ4v) is 3.10. The van der Waals surface area contributed by atoms with Crippen LogP contribution in [0.3, 0.4) is 0 Å². The number of carbonyl (C=O) groups is 1. The number of hydrogen-bond donors (Lipinski definition) is 0. The van der Waals surface area contributed by atoms with Crippen LogP contribution in [0, 0.1) is 0 Å². The lowest BCUT2D eigenvalue weighted by atomic mass is 10.0. The fraction of sp³-hybridized carbons (Fsp3) is 0.412. The van der Waals surface area contributed by atoms with Gasteiger partial charge in [0, 0.05) is 11.9 Å². The topological polar surface area (TPSA) is 59.8 Å². The van der Waals surface area contributed by atoms with Crippen LogP contribution in [0.25, 0.3) is 11.0 Å². The zero-order valence-electron chi connectivity index (χ0n) is 13.4. The van der Waals surface area contributed by atoms with E-state index in [9.17, 15) is 22.8 Å². The number of halogens is 3. The van der Waals surface area contributed by atoms with Gasteiger partial charge in [0.05, 0.1) is 7.11 Å². The van der Waals surface area contributed by atoms with E-state index >= 15 is 0 Å². The quantitative estimate of drug-likeness (QED) is 0.775. The summed E-state index contributed by atoms with van der Waals surface area (Å²) in [5.74, 6) is -0.653. The molecule has 5 nitrogen and oxygen atoms in total. The van der Waals surface area contributed by atoms with Gasteiger partial charge in [-0.3, -0.25) is 4.79 Å². The van der Waals surface area contributed by atoms with E-state index in [1.165, 1.54) is 13.2 Å². The Morgan fingerprint density at radius 2 is 2.08 bits per heavy atom. The lowest BCUT2D eigenvalue weighted by molar-refractivity contribution is -0.183. The number of ether oxygens (including phenoxy) is 1. The lowest BCUT2D eigenvalue weighted by Gasteiger charge is -2.36. The molecule has 1 aliphatic heterocycles. The molecule has 0 N–H and O–H groups in total. The van der Waals surface area contributed by atoms with E-state index in [1.54, 1.807) is 18.2 Å². The van der Waals surface area contributed by atoms with Gasteiger partial charge in [-0.2, -0.15) is 13.2 Å². The van der Waals surface area contributed by atoms with Crippen molar-refractivity contribution >= 4 is 16.9 Å². The van der Waals surface area contributed by atoms with Crippen molar-refractivity contribution in [2.24, 2.45) is 0 Å². The molecule has 8 heteroatoms. The summed E-state index contributed by atoms with van der Waals surface area (Å²) < 4.78 is 49.8. The maximum Gasteiger partial charge on any atom is 0.408 e. The average Bonchev–Trinajstić information content (AvgIpc) is 2.59. The van der Waals surface area contributed by atoms with E-state index in [-0.39, 0.29) is 18.5 Å². The van der Waals surface area contributed by atoms with Gasteiger partial charge in [0.15, 0.2) is 11.3 Å². The van der Waals surface area contributed by atoms with E-state index in [1.807, 2.05) is 0 Å². The van der Waals surface area contributed by atoms with Crippen molar-refractivity contribution in [1.82, 2.24) is 4.90 Å². The molecule has 1 amide bonds. The van der Waals surface area contributed by atoms with Gasteiger partial charge < -0.3 is 14.1 Å². The minimum absolute atomic E-state index is 0.0431. The van der Waals surface area contributed by atoms with Crippen LogP contribution in [0.4, 0.5) is 13.2 Å². The van der Waals surface area contributed by atoms with Crippen LogP contribution in [0.2, 0.25) is 0 Å². The van der Waals surface area contributed by atoms with Crippen molar-refractivity contribution in [2.75, 3.05) is 13.7 Å². The van der Waals surface area contributed by atoms with E-state index in [0.29, 0.717) is 24.0 Å². The molecule has 3 rings (SSSR count). The number of fused-ring (bicyclic) bond motifs is 1. The van der Waals surface area contributed by atoms with Crippen molar-refractivity contribution < 1.29 is 27.1 Å². The maximum atomic E-state index is 13.2. The van der Waals surface area contributed by atoms with Crippen molar-refractivity contribution in [1.29, 1.82) is 0 Å². The Labute approximate surface area is 141 Å². The molecule has 2 heterocycles. The summed E-state index contributed by atoms with van der Waals surface area (Å²) in [4.78, 5) is 25.5. The van der Waals surface area contributed by atoms with Gasteiger partial charge in [0.25, 0.3) is 5.91 Å². The van der Waals surface area contributed by atoms with Crippen molar-refractivity contribution in [3.8, 4) is 5.75 Å². The monoisotopic (exact) mass is 355 g/mol. The molecule has 1 aromatic heterocycles. The molecule has 25 heavy (non-hydrogen) atoms. The first kappa shape index (κ1) is 17.3. The Balaban J connectivity index is 2.04. The Kier molecular flexibility index (Phi) is 4.45. The number of para-hydroxylation sites is 1. The smallest absolute Gasteiger partial charge is 0.408 e. The van der Waals surface area contributed by atoms with Crippen LogP contribution in [-0.2, 0) is 0 Å². The first-order chi connectivity index (χ1) is 11.8. The maximum absolute atomic E-state index is 13.2. The highest BCUT2D eigenvalue weighted by Gasteiger charge is 2.46. The summed E-state index contributed by atoms with van der Waals surface area (Å²) in [6.07, 6.45) is -3.85. The molecular weight excluding hydrogens is 339 g/mol. The third-order valence-electron chi connectivity index (χ3n) is 4.32. The third-order valence-corrected chi connectivity index (χ3v) is 4.32. The summed E-state index contributed by atoms with van der Waals surface area (Å²) in [7, 11) is 1.40. The normalized spacial score (nSPS) is 18.4. The summed E-state index contributed by atoms with van der Waals surface area (Å²) in [5, 5.41) is 0.405. The number of likely N-dealkylation sites (tertiary alicyclic amines) is 1. The highest BCUT2D eigenvalue weighted by Crippen LogP contribution is 2.33. The Hall–Kier alpha value is -2.51. The molecule has 0 radical (unpaired) electrons. The minimum Gasteiger partial charge on any atom is -0.493 e. The number of carbonyl (C=O) groups excluding carboxylic acids is 1. The number of methoxy groups -OCH3 is 1. The predicted molar refractivity (Wildman–Crippen MR) is 83.8 cm³/mol. The number of rotatable bonds is 2. The fourth-order valence-electron chi connectivity index (χ4n) is 3.10. The van der Waals surface area contributed by atoms with Gasteiger partial charge in [-0.1, -0.05) is 12.1 Å². The Morgan fingerprint density at radius 1 is 1.32 bits per heavy atom. The summed E-state index contributed by atoms with van der Waals surface area (Å²) in [6, 6.07) is 4.18. The first-order valence-corrected chi connectivity index (χ1v) is 7.81. The minimum atomic E-state index is -4.53. The Bertz CT molecular complexity index is 859. The molecule has 0 bridgehead atoms. The molecule has 1 aliphatic rings. The molecule has 1 saturated heterocycles. The number of amides is 1. The Morgan fingerprint density at radius 3 is 2.76 bits per heavy atom. The molecule has 2 aromatic rings. The van der Waals surface area contributed by atoms with Crippen LogP contribution in [0.15, 0.2) is 33.5 Å². The van der Waals surface area contributed by atoms with E-state index in [4.69, 9.17) is 9.15 Å². The van der Waals surface area contributed by atoms with E-state index in [0.717, 1.165) is 4.90 Å². The molecular formula is C17H16F3NO4. The van der Waals surface area contributed by atoms with Crippen molar-refractivity contribution in [3.63, 3.8) is 0 Å². The number of benzene rings is 1. The zero-order valence-corrected chi connectivity index (χ0v) is 13.4. The number of piperidine rings is 1. The second-order valence-corrected chi connectivity index (χ2v) is 5.88. The summed E-state index contributed by atoms with van der Waals surface area (Å²) in [6.45, 7) is -0.0431. The second kappa shape index (κ2) is 6.42. The van der Waals surface area contributed by atoms with Crippen LogP contribution in [-0.4, -0.2) is 36.7 Å². The summed E-state index contributed by atoms with van der Waals surface area (Å²) >= 11 is 0. The molecule has 134 valence electrons. The molecule has 0 aliphatic carbocycles. The van der Waals surface area contributed by atoms with Gasteiger partial charge in [-0.25, -0.2) is 4.79 Å². The van der Waals surface area contributed by atoms with Crippen LogP contribution < -0.4 is 10.4 Å². The van der Waals surface area contributed by atoms with Gasteiger partial charge in [-0.05, 0) is 31.4 Å². The van der Waals surface area contributed by atoms with E-state index < -0.39 is 29.3 Å². The van der Waals surface area contributed by atoms with Gasteiger partial charge >= 0.3 is 11.8 Å². The van der Waals surface area contributed by atoms with Gasteiger partial charge in [-0.15, -0.1) is 0 Å². The molecule has 0 spiro atoms. The number of alkyl halides is 3. The van der Waals surface area contributed by atoms with Gasteiger partial charge in [0.1, 0.15) is 11.6 Å². The van der Waals surface area contributed by atoms with Crippen molar-refractivity contribution in [3.05, 3.63) is 40.2 Å².